The molecule has 0 unspecified atom stereocenters. The Morgan fingerprint density at radius 1 is 1.29 bits per heavy atom. The van der Waals surface area contributed by atoms with E-state index in [-0.39, 0.29) is 11.6 Å². The number of rotatable bonds is 1. The summed E-state index contributed by atoms with van der Waals surface area (Å²) in [4.78, 5) is 11.7. The molecule has 0 aromatic heterocycles. The van der Waals surface area contributed by atoms with Gasteiger partial charge in [-0.1, -0.05) is 18.2 Å². The summed E-state index contributed by atoms with van der Waals surface area (Å²) in [6.45, 7) is 5.87. The Hall–Kier alpha value is -1.77. The van der Waals surface area contributed by atoms with Crippen LogP contribution in [0.3, 0.4) is 0 Å². The predicted octanol–water partition coefficient (Wildman–Crippen LogP) is 3.18. The van der Waals surface area contributed by atoms with Crippen LogP contribution in [0.25, 0.3) is 6.08 Å². The molecule has 1 aromatic rings. The van der Waals surface area contributed by atoms with Crippen molar-refractivity contribution in [3.05, 3.63) is 35.4 Å². The van der Waals surface area contributed by atoms with Gasteiger partial charge in [0.15, 0.2) is 0 Å². The summed E-state index contributed by atoms with van der Waals surface area (Å²) in [6, 6.07) is 5.83. The molecule has 17 heavy (non-hydrogen) atoms. The number of carbonyl (C=O) groups excluding carboxylic acids is 1. The van der Waals surface area contributed by atoms with E-state index in [1.807, 2.05) is 32.9 Å². The molecule has 2 amide bonds. The van der Waals surface area contributed by atoms with E-state index < -0.39 is 0 Å². The minimum Gasteiger partial charge on any atom is -0.333 e. The Kier molecular flexibility index (Phi) is 2.92. The lowest BCUT2D eigenvalue weighted by Crippen LogP contribution is -2.43. The van der Waals surface area contributed by atoms with Gasteiger partial charge in [0, 0.05) is 11.2 Å². The number of amides is 2. The maximum Gasteiger partial charge on any atom is 0.319 e. The fourth-order valence-electron chi connectivity index (χ4n) is 1.83. The molecule has 0 radical (unpaired) electrons. The number of allylic oxidation sites excluding steroid dienone is 1. The second kappa shape index (κ2) is 4.24. The average Bonchev–Trinajstić information content (AvgIpc) is 2.61. The van der Waals surface area contributed by atoms with Crippen LogP contribution in [-0.4, -0.2) is 11.6 Å². The maximum atomic E-state index is 11.7. The first-order valence-electron chi connectivity index (χ1n) is 5.83. The SMILES string of the molecule is CC(C)(C)NC(=O)Nc1ccc2c(c1)C=CC2. The predicted molar refractivity (Wildman–Crippen MR) is 71.1 cm³/mol. The number of urea groups is 1. The lowest BCUT2D eigenvalue weighted by atomic mass is 10.1. The van der Waals surface area contributed by atoms with E-state index >= 15 is 0 Å². The quantitative estimate of drug-likeness (QED) is 0.764. The molecule has 0 aliphatic heterocycles. The van der Waals surface area contributed by atoms with Crippen molar-refractivity contribution in [1.82, 2.24) is 5.32 Å². The minimum absolute atomic E-state index is 0.167. The smallest absolute Gasteiger partial charge is 0.319 e. The van der Waals surface area contributed by atoms with Crippen molar-refractivity contribution in [3.63, 3.8) is 0 Å². The van der Waals surface area contributed by atoms with E-state index in [0.29, 0.717) is 0 Å². The van der Waals surface area contributed by atoms with Gasteiger partial charge in [0.1, 0.15) is 0 Å². The number of fused-ring (bicyclic) bond motifs is 1. The van der Waals surface area contributed by atoms with Crippen LogP contribution in [0, 0.1) is 0 Å². The second-order valence-electron chi connectivity index (χ2n) is 5.35. The molecular weight excluding hydrogens is 212 g/mol. The zero-order valence-electron chi connectivity index (χ0n) is 10.5. The number of carbonyl (C=O) groups is 1. The molecule has 0 spiro atoms. The molecule has 0 fully saturated rings. The molecule has 0 bridgehead atoms. The molecule has 1 aromatic carbocycles. The largest absolute Gasteiger partial charge is 0.333 e. The van der Waals surface area contributed by atoms with E-state index in [2.05, 4.69) is 28.9 Å². The van der Waals surface area contributed by atoms with Crippen LogP contribution >= 0.6 is 0 Å². The van der Waals surface area contributed by atoms with Crippen LogP contribution in [0.5, 0.6) is 0 Å². The van der Waals surface area contributed by atoms with Crippen molar-refractivity contribution >= 4 is 17.8 Å². The standard InChI is InChI=1S/C14H18N2O/c1-14(2,3)16-13(17)15-12-8-7-10-5-4-6-11(10)9-12/h4,6-9H,5H2,1-3H3,(H2,15,16,17). The lowest BCUT2D eigenvalue weighted by Gasteiger charge is -2.20. The van der Waals surface area contributed by atoms with E-state index in [0.717, 1.165) is 12.1 Å². The van der Waals surface area contributed by atoms with Gasteiger partial charge in [0.25, 0.3) is 0 Å². The zero-order valence-corrected chi connectivity index (χ0v) is 10.5. The molecule has 1 aliphatic rings. The molecule has 0 saturated carbocycles. The van der Waals surface area contributed by atoms with Crippen LogP contribution in [0.2, 0.25) is 0 Å². The molecule has 0 saturated heterocycles. The van der Waals surface area contributed by atoms with Gasteiger partial charge >= 0.3 is 6.03 Å². The zero-order chi connectivity index (χ0) is 12.5. The van der Waals surface area contributed by atoms with Crippen LogP contribution in [0.4, 0.5) is 10.5 Å². The van der Waals surface area contributed by atoms with Crippen LogP contribution < -0.4 is 10.6 Å². The maximum absolute atomic E-state index is 11.7. The molecule has 1 aliphatic carbocycles. The van der Waals surface area contributed by atoms with Gasteiger partial charge in [-0.2, -0.15) is 0 Å². The lowest BCUT2D eigenvalue weighted by molar-refractivity contribution is 0.244. The third-order valence-corrected chi connectivity index (χ3v) is 2.53. The third-order valence-electron chi connectivity index (χ3n) is 2.53. The molecule has 0 heterocycles. The molecule has 90 valence electrons. The van der Waals surface area contributed by atoms with Crippen molar-refractivity contribution in [2.24, 2.45) is 0 Å². The Morgan fingerprint density at radius 3 is 2.76 bits per heavy atom. The van der Waals surface area contributed by atoms with E-state index in [4.69, 9.17) is 0 Å². The first-order chi connectivity index (χ1) is 7.94. The Labute approximate surface area is 102 Å². The molecule has 2 N–H and O–H groups in total. The first-order valence-corrected chi connectivity index (χ1v) is 5.83. The summed E-state index contributed by atoms with van der Waals surface area (Å²) in [6.07, 6.45) is 5.20. The Balaban J connectivity index is 2.04. The second-order valence-corrected chi connectivity index (χ2v) is 5.35. The number of nitrogens with one attached hydrogen (secondary N) is 2. The molecule has 3 heteroatoms. The molecule has 3 nitrogen and oxygen atoms in total. The third kappa shape index (κ3) is 3.09. The Morgan fingerprint density at radius 2 is 2.06 bits per heavy atom. The summed E-state index contributed by atoms with van der Waals surface area (Å²) >= 11 is 0. The van der Waals surface area contributed by atoms with Crippen LogP contribution in [0.15, 0.2) is 24.3 Å². The summed E-state index contributed by atoms with van der Waals surface area (Å²) in [7, 11) is 0. The van der Waals surface area contributed by atoms with Crippen molar-refractivity contribution in [3.8, 4) is 0 Å². The van der Waals surface area contributed by atoms with E-state index in [1.165, 1.54) is 11.1 Å². The highest BCUT2D eigenvalue weighted by Crippen LogP contribution is 2.22. The highest BCUT2D eigenvalue weighted by molar-refractivity contribution is 5.90. The normalized spacial score (nSPS) is 13.4. The number of anilines is 1. The van der Waals surface area contributed by atoms with Gasteiger partial charge in [-0.3, -0.25) is 0 Å². The van der Waals surface area contributed by atoms with Crippen molar-refractivity contribution < 1.29 is 4.79 Å². The van der Waals surface area contributed by atoms with Crippen molar-refractivity contribution in [2.75, 3.05) is 5.32 Å². The fourth-order valence-corrected chi connectivity index (χ4v) is 1.83. The highest BCUT2D eigenvalue weighted by Gasteiger charge is 2.14. The van der Waals surface area contributed by atoms with Crippen molar-refractivity contribution in [2.45, 2.75) is 32.7 Å². The number of hydrogen-bond donors (Lipinski definition) is 2. The highest BCUT2D eigenvalue weighted by atomic mass is 16.2. The van der Waals surface area contributed by atoms with Gasteiger partial charge in [-0.05, 0) is 50.5 Å². The van der Waals surface area contributed by atoms with Gasteiger partial charge in [-0.15, -0.1) is 0 Å². The monoisotopic (exact) mass is 230 g/mol. The summed E-state index contributed by atoms with van der Waals surface area (Å²) in [5.41, 5.74) is 3.11. The van der Waals surface area contributed by atoms with E-state index in [9.17, 15) is 4.79 Å². The van der Waals surface area contributed by atoms with Gasteiger partial charge in [-0.25, -0.2) is 4.79 Å². The van der Waals surface area contributed by atoms with Crippen molar-refractivity contribution in [1.29, 1.82) is 0 Å². The van der Waals surface area contributed by atoms with Gasteiger partial charge in [0.2, 0.25) is 0 Å². The summed E-state index contributed by atoms with van der Waals surface area (Å²) < 4.78 is 0. The minimum atomic E-state index is -0.222. The first kappa shape index (κ1) is 11.7. The number of benzene rings is 1. The molecule has 2 rings (SSSR count). The van der Waals surface area contributed by atoms with Gasteiger partial charge < -0.3 is 10.6 Å². The average molecular weight is 230 g/mol. The summed E-state index contributed by atoms with van der Waals surface area (Å²) in [5, 5.41) is 5.71. The van der Waals surface area contributed by atoms with Gasteiger partial charge in [0.05, 0.1) is 0 Å². The Bertz CT molecular complexity index is 470. The summed E-state index contributed by atoms with van der Waals surface area (Å²) in [5.74, 6) is 0. The van der Waals surface area contributed by atoms with E-state index in [1.54, 1.807) is 0 Å². The van der Waals surface area contributed by atoms with Crippen LogP contribution in [-0.2, 0) is 6.42 Å². The molecule has 0 atom stereocenters. The molecular formula is C14H18N2O. The van der Waals surface area contributed by atoms with Crippen LogP contribution in [0.1, 0.15) is 31.9 Å². The topological polar surface area (TPSA) is 41.1 Å². The fraction of sp³-hybridized carbons (Fsp3) is 0.357. The number of hydrogen-bond acceptors (Lipinski definition) is 1.